The average molecular weight is 465 g/mol. The van der Waals surface area contributed by atoms with Gasteiger partial charge in [0.15, 0.2) is 0 Å². The van der Waals surface area contributed by atoms with Crippen LogP contribution in [-0.2, 0) is 0 Å². The Hall–Kier alpha value is -4.25. The summed E-state index contributed by atoms with van der Waals surface area (Å²) in [6.45, 7) is 2.89. The monoisotopic (exact) mass is 464 g/mol. The third kappa shape index (κ3) is 4.85. The molecule has 5 heteroatoms. The third-order valence-electron chi connectivity index (χ3n) is 6.64. The van der Waals surface area contributed by atoms with Crippen LogP contribution < -0.4 is 4.90 Å². The van der Waals surface area contributed by atoms with Crippen LogP contribution in [0.3, 0.4) is 0 Å². The van der Waals surface area contributed by atoms with Gasteiger partial charge in [-0.25, -0.2) is 0 Å². The van der Waals surface area contributed by atoms with Crippen molar-refractivity contribution < 1.29 is 15.0 Å². The summed E-state index contributed by atoms with van der Waals surface area (Å²) in [7, 11) is 0. The number of aromatic hydroxyl groups is 2. The molecule has 5 rings (SSSR count). The second-order valence-electron chi connectivity index (χ2n) is 8.82. The summed E-state index contributed by atoms with van der Waals surface area (Å²) in [6, 6.07) is 32.2. The highest BCUT2D eigenvalue weighted by atomic mass is 16.3. The number of nitrogens with zero attached hydrogens (tertiary/aromatic N) is 2. The van der Waals surface area contributed by atoms with Crippen molar-refractivity contribution in [2.45, 2.75) is 5.92 Å². The van der Waals surface area contributed by atoms with E-state index in [0.717, 1.165) is 29.8 Å². The largest absolute Gasteiger partial charge is 0.508 e. The van der Waals surface area contributed by atoms with E-state index >= 15 is 0 Å². The van der Waals surface area contributed by atoms with Gasteiger partial charge in [-0.1, -0.05) is 60.7 Å². The van der Waals surface area contributed by atoms with Crippen molar-refractivity contribution in [1.82, 2.24) is 4.90 Å². The molecule has 5 nitrogen and oxygen atoms in total. The van der Waals surface area contributed by atoms with E-state index in [2.05, 4.69) is 17.0 Å². The molecule has 1 aliphatic heterocycles. The number of carbonyl (C=O) groups excluding carboxylic acids is 1. The number of hydrogen-bond donors (Lipinski definition) is 2. The number of piperazine rings is 1. The van der Waals surface area contributed by atoms with Crippen LogP contribution in [0, 0.1) is 0 Å². The molecule has 1 amide bonds. The smallest absolute Gasteiger partial charge is 0.254 e. The van der Waals surface area contributed by atoms with Crippen LogP contribution in [0.5, 0.6) is 11.5 Å². The fourth-order valence-corrected chi connectivity index (χ4v) is 4.81. The first kappa shape index (κ1) is 22.5. The molecule has 0 unspecified atom stereocenters. The summed E-state index contributed by atoms with van der Waals surface area (Å²) in [5.74, 6) is 0.190. The van der Waals surface area contributed by atoms with Gasteiger partial charge in [0, 0.05) is 43.3 Å². The summed E-state index contributed by atoms with van der Waals surface area (Å²) in [5.41, 5.74) is 4.68. The van der Waals surface area contributed by atoms with Gasteiger partial charge in [-0.15, -0.1) is 0 Å². The molecule has 4 aromatic rings. The third-order valence-corrected chi connectivity index (χ3v) is 6.64. The van der Waals surface area contributed by atoms with Gasteiger partial charge in [-0.05, 0) is 59.2 Å². The maximum atomic E-state index is 13.8. The van der Waals surface area contributed by atoms with Crippen molar-refractivity contribution >= 4 is 11.6 Å². The lowest BCUT2D eigenvalue weighted by molar-refractivity contribution is 0.0745. The Balaban J connectivity index is 1.46. The number of para-hydroxylation sites is 1. The second-order valence-corrected chi connectivity index (χ2v) is 8.82. The van der Waals surface area contributed by atoms with Gasteiger partial charge in [0.25, 0.3) is 5.91 Å². The summed E-state index contributed by atoms with van der Waals surface area (Å²) < 4.78 is 0. The molecule has 2 N–H and O–H groups in total. The molecule has 35 heavy (non-hydrogen) atoms. The van der Waals surface area contributed by atoms with Crippen LogP contribution in [0.4, 0.5) is 5.69 Å². The molecule has 176 valence electrons. The molecule has 0 radical (unpaired) electrons. The predicted octanol–water partition coefficient (Wildman–Crippen LogP) is 5.24. The minimum atomic E-state index is -0.220. The lowest BCUT2D eigenvalue weighted by Gasteiger charge is -2.36. The van der Waals surface area contributed by atoms with Crippen LogP contribution >= 0.6 is 0 Å². The van der Waals surface area contributed by atoms with Gasteiger partial charge in [-0.3, -0.25) is 4.79 Å². The maximum absolute atomic E-state index is 13.8. The standard InChI is InChI=1S/C30H28N2O3/c33-25-14-10-22(11-15-25)29(23-12-16-26(34)17-13-23)27-8-4-5-9-28(27)30(35)32-20-18-31(19-21-32)24-6-2-1-3-7-24/h1-17,29,33-34H,18-21H2. The molecule has 1 saturated heterocycles. The zero-order chi connectivity index (χ0) is 24.2. The number of phenols is 2. The maximum Gasteiger partial charge on any atom is 0.254 e. The van der Waals surface area contributed by atoms with Gasteiger partial charge >= 0.3 is 0 Å². The molecule has 0 saturated carbocycles. The lowest BCUT2D eigenvalue weighted by atomic mass is 9.82. The number of phenolic OH excluding ortho intramolecular Hbond substituents is 2. The average Bonchev–Trinajstić information content (AvgIpc) is 2.91. The molecular formula is C30H28N2O3. The minimum Gasteiger partial charge on any atom is -0.508 e. The first-order valence-electron chi connectivity index (χ1n) is 11.9. The Kier molecular flexibility index (Phi) is 6.40. The summed E-state index contributed by atoms with van der Waals surface area (Å²) in [6.07, 6.45) is 0. The van der Waals surface area contributed by atoms with Crippen molar-refractivity contribution in [1.29, 1.82) is 0 Å². The molecule has 0 spiro atoms. The molecule has 0 atom stereocenters. The van der Waals surface area contributed by atoms with E-state index < -0.39 is 0 Å². The predicted molar refractivity (Wildman–Crippen MR) is 138 cm³/mol. The number of carbonyl (C=O) groups is 1. The molecule has 0 aromatic heterocycles. The van der Waals surface area contributed by atoms with Gasteiger partial charge in [0.2, 0.25) is 0 Å². The molecule has 0 bridgehead atoms. The Bertz CT molecular complexity index is 1230. The first-order chi connectivity index (χ1) is 17.1. The zero-order valence-corrected chi connectivity index (χ0v) is 19.4. The van der Waals surface area contributed by atoms with Gasteiger partial charge < -0.3 is 20.0 Å². The number of rotatable bonds is 5. The molecule has 1 aliphatic rings. The van der Waals surface area contributed by atoms with E-state index in [1.807, 2.05) is 71.6 Å². The van der Waals surface area contributed by atoms with E-state index in [0.29, 0.717) is 18.7 Å². The van der Waals surface area contributed by atoms with Crippen LogP contribution in [0.1, 0.15) is 33.0 Å². The highest BCUT2D eigenvalue weighted by molar-refractivity contribution is 5.96. The Morgan fingerprint density at radius 2 is 1.14 bits per heavy atom. The Morgan fingerprint density at radius 1 is 0.629 bits per heavy atom. The van der Waals surface area contributed by atoms with Crippen molar-refractivity contribution in [3.63, 3.8) is 0 Å². The summed E-state index contributed by atoms with van der Waals surface area (Å²) in [4.78, 5) is 18.0. The summed E-state index contributed by atoms with van der Waals surface area (Å²) in [5, 5.41) is 19.7. The second kappa shape index (κ2) is 9.94. The van der Waals surface area contributed by atoms with Gasteiger partial charge in [-0.2, -0.15) is 0 Å². The number of anilines is 1. The molecule has 1 heterocycles. The molecular weight excluding hydrogens is 436 g/mol. The number of benzene rings is 4. The number of amides is 1. The highest BCUT2D eigenvalue weighted by Gasteiger charge is 2.27. The lowest BCUT2D eigenvalue weighted by Crippen LogP contribution is -2.49. The van der Waals surface area contributed by atoms with Crippen molar-refractivity contribution in [3.8, 4) is 11.5 Å². The van der Waals surface area contributed by atoms with Crippen molar-refractivity contribution in [3.05, 3.63) is 125 Å². The first-order valence-corrected chi connectivity index (χ1v) is 11.9. The van der Waals surface area contributed by atoms with Crippen LogP contribution in [0.15, 0.2) is 103 Å². The van der Waals surface area contributed by atoms with E-state index in [1.165, 1.54) is 5.69 Å². The zero-order valence-electron chi connectivity index (χ0n) is 19.4. The fraction of sp³-hybridized carbons (Fsp3) is 0.167. The SMILES string of the molecule is O=C(c1ccccc1C(c1ccc(O)cc1)c1ccc(O)cc1)N1CCN(c2ccccc2)CC1. The quantitative estimate of drug-likeness (QED) is 0.397. The van der Waals surface area contributed by atoms with E-state index in [9.17, 15) is 15.0 Å². The Morgan fingerprint density at radius 3 is 1.71 bits per heavy atom. The van der Waals surface area contributed by atoms with Gasteiger partial charge in [0.05, 0.1) is 0 Å². The topological polar surface area (TPSA) is 64.0 Å². The van der Waals surface area contributed by atoms with E-state index in [-0.39, 0.29) is 23.3 Å². The highest BCUT2D eigenvalue weighted by Crippen LogP contribution is 2.36. The van der Waals surface area contributed by atoms with Crippen LogP contribution in [0.2, 0.25) is 0 Å². The van der Waals surface area contributed by atoms with E-state index in [1.54, 1.807) is 24.3 Å². The normalized spacial score (nSPS) is 13.7. The van der Waals surface area contributed by atoms with Gasteiger partial charge in [0.1, 0.15) is 11.5 Å². The summed E-state index contributed by atoms with van der Waals surface area (Å²) >= 11 is 0. The molecule has 0 aliphatic carbocycles. The minimum absolute atomic E-state index is 0.0240. The molecule has 4 aromatic carbocycles. The van der Waals surface area contributed by atoms with Crippen molar-refractivity contribution in [2.75, 3.05) is 31.1 Å². The van der Waals surface area contributed by atoms with Crippen molar-refractivity contribution in [2.24, 2.45) is 0 Å². The number of hydrogen-bond acceptors (Lipinski definition) is 4. The van der Waals surface area contributed by atoms with Crippen LogP contribution in [-0.4, -0.2) is 47.2 Å². The molecule has 1 fully saturated rings. The fourth-order valence-electron chi connectivity index (χ4n) is 4.81. The Labute approximate surface area is 205 Å². The van der Waals surface area contributed by atoms with Crippen LogP contribution in [0.25, 0.3) is 0 Å². The van der Waals surface area contributed by atoms with E-state index in [4.69, 9.17) is 0 Å².